The van der Waals surface area contributed by atoms with E-state index < -0.39 is 17.5 Å². The van der Waals surface area contributed by atoms with Gasteiger partial charge in [0.05, 0.1) is 11.3 Å². The molecule has 1 heterocycles. The van der Waals surface area contributed by atoms with Gasteiger partial charge in [0.2, 0.25) is 0 Å². The fourth-order valence-corrected chi connectivity index (χ4v) is 3.51. The van der Waals surface area contributed by atoms with Crippen molar-refractivity contribution in [3.63, 3.8) is 0 Å². The molecule has 0 unspecified atom stereocenters. The van der Waals surface area contributed by atoms with Crippen LogP contribution in [0.4, 0.5) is 10.1 Å². The van der Waals surface area contributed by atoms with Crippen LogP contribution in [-0.4, -0.2) is 23.6 Å². The number of anilines is 1. The fraction of sp³-hybridized carbons (Fsp3) is 0.429. The molecule has 0 bridgehead atoms. The maximum Gasteiger partial charge on any atom is 0.299 e. The van der Waals surface area contributed by atoms with E-state index in [0.717, 1.165) is 30.7 Å². The number of nitrogens with zero attached hydrogens (tertiary/aromatic N) is 1. The maximum absolute atomic E-state index is 13.2. The Balaban J connectivity index is 1.95. The zero-order chi connectivity index (χ0) is 13.6. The van der Waals surface area contributed by atoms with Crippen LogP contribution in [0.25, 0.3) is 0 Å². The molecule has 1 aromatic rings. The highest BCUT2D eigenvalue weighted by Gasteiger charge is 2.44. The molecule has 2 aliphatic rings. The van der Waals surface area contributed by atoms with E-state index in [2.05, 4.69) is 15.9 Å². The Kier molecular flexibility index (Phi) is 2.96. The van der Waals surface area contributed by atoms with Crippen LogP contribution in [0.1, 0.15) is 29.6 Å². The Morgan fingerprint density at radius 2 is 2.05 bits per heavy atom. The second kappa shape index (κ2) is 4.40. The normalized spacial score (nSPS) is 20.4. The van der Waals surface area contributed by atoms with Crippen LogP contribution in [-0.2, 0) is 4.79 Å². The number of rotatable bonds is 3. The third-order valence-electron chi connectivity index (χ3n) is 4.12. The lowest BCUT2D eigenvalue weighted by molar-refractivity contribution is -0.114. The summed E-state index contributed by atoms with van der Waals surface area (Å²) in [6.45, 7) is 0.529. The number of hydrogen-bond donors (Lipinski definition) is 0. The van der Waals surface area contributed by atoms with Gasteiger partial charge in [-0.25, -0.2) is 4.39 Å². The van der Waals surface area contributed by atoms with Crippen LogP contribution in [0.2, 0.25) is 0 Å². The molecule has 3 nitrogen and oxygen atoms in total. The smallest absolute Gasteiger partial charge is 0.299 e. The number of carbonyl (C=O) groups excluding carboxylic acids is 2. The Labute approximate surface area is 118 Å². The SMILES string of the molecule is O=C1C(=O)N(CC2(CBr)CCC2)c2ccc(F)cc21. The minimum atomic E-state index is -0.599. The first kappa shape index (κ1) is 12.8. The van der Waals surface area contributed by atoms with Gasteiger partial charge in [-0.2, -0.15) is 0 Å². The Morgan fingerprint density at radius 3 is 2.63 bits per heavy atom. The van der Waals surface area contributed by atoms with Crippen LogP contribution in [0, 0.1) is 11.2 Å². The topological polar surface area (TPSA) is 37.4 Å². The first-order chi connectivity index (χ1) is 9.06. The number of amides is 1. The molecule has 0 aromatic heterocycles. The summed E-state index contributed by atoms with van der Waals surface area (Å²) in [7, 11) is 0. The van der Waals surface area contributed by atoms with Crippen LogP contribution >= 0.6 is 15.9 Å². The zero-order valence-corrected chi connectivity index (χ0v) is 11.9. The van der Waals surface area contributed by atoms with Gasteiger partial charge in [-0.15, -0.1) is 0 Å². The molecule has 1 aromatic carbocycles. The molecule has 0 N–H and O–H groups in total. The average molecular weight is 326 g/mol. The van der Waals surface area contributed by atoms with Gasteiger partial charge >= 0.3 is 0 Å². The molecular weight excluding hydrogens is 313 g/mol. The highest BCUT2D eigenvalue weighted by molar-refractivity contribution is 9.09. The van der Waals surface area contributed by atoms with Crippen molar-refractivity contribution in [1.82, 2.24) is 0 Å². The van der Waals surface area contributed by atoms with Gasteiger partial charge in [-0.1, -0.05) is 22.4 Å². The maximum atomic E-state index is 13.2. The predicted octanol–water partition coefficient (Wildman–Crippen LogP) is 2.92. The third-order valence-corrected chi connectivity index (χ3v) is 5.31. The van der Waals surface area contributed by atoms with E-state index >= 15 is 0 Å². The summed E-state index contributed by atoms with van der Waals surface area (Å²) in [5.74, 6) is -1.62. The third kappa shape index (κ3) is 1.91. The Bertz CT molecular complexity index is 563. The highest BCUT2D eigenvalue weighted by atomic mass is 79.9. The van der Waals surface area contributed by atoms with Crippen molar-refractivity contribution in [1.29, 1.82) is 0 Å². The number of Topliss-reactive ketones (excluding diaryl/α,β-unsaturated/α-hetero) is 1. The van der Waals surface area contributed by atoms with Crippen molar-refractivity contribution in [3.8, 4) is 0 Å². The van der Waals surface area contributed by atoms with Gasteiger partial charge in [-0.05, 0) is 36.5 Å². The van der Waals surface area contributed by atoms with Gasteiger partial charge in [-0.3, -0.25) is 9.59 Å². The van der Waals surface area contributed by atoms with E-state index in [-0.39, 0.29) is 11.0 Å². The van der Waals surface area contributed by atoms with Crippen LogP contribution in [0.3, 0.4) is 0 Å². The number of hydrogen-bond acceptors (Lipinski definition) is 2. The van der Waals surface area contributed by atoms with Crippen LogP contribution in [0.15, 0.2) is 18.2 Å². The first-order valence-electron chi connectivity index (χ1n) is 6.28. The van der Waals surface area contributed by atoms with Crippen LogP contribution < -0.4 is 4.90 Å². The quantitative estimate of drug-likeness (QED) is 0.633. The van der Waals surface area contributed by atoms with E-state index in [0.29, 0.717) is 12.2 Å². The minimum absolute atomic E-state index is 0.0614. The fourth-order valence-electron chi connectivity index (χ4n) is 2.78. The lowest BCUT2D eigenvalue weighted by Gasteiger charge is -2.43. The monoisotopic (exact) mass is 325 g/mol. The summed E-state index contributed by atoms with van der Waals surface area (Å²) in [5, 5.41) is 0.814. The van der Waals surface area contributed by atoms with Gasteiger partial charge < -0.3 is 4.90 Å². The second-order valence-corrected chi connectivity index (χ2v) is 5.93. The number of carbonyl (C=O) groups is 2. The molecule has 0 saturated heterocycles. The molecule has 1 amide bonds. The van der Waals surface area contributed by atoms with Gasteiger partial charge in [0.25, 0.3) is 11.7 Å². The van der Waals surface area contributed by atoms with Gasteiger partial charge in [0.15, 0.2) is 0 Å². The minimum Gasteiger partial charge on any atom is -0.304 e. The molecule has 0 radical (unpaired) electrons. The van der Waals surface area contributed by atoms with Crippen molar-refractivity contribution in [2.45, 2.75) is 19.3 Å². The van der Waals surface area contributed by atoms with E-state index in [4.69, 9.17) is 0 Å². The van der Waals surface area contributed by atoms with E-state index in [1.165, 1.54) is 17.0 Å². The molecule has 100 valence electrons. The Hall–Kier alpha value is -1.23. The highest BCUT2D eigenvalue weighted by Crippen LogP contribution is 2.45. The molecule has 1 aliphatic carbocycles. The predicted molar refractivity (Wildman–Crippen MR) is 73.2 cm³/mol. The molecular formula is C14H13BrFNO2. The van der Waals surface area contributed by atoms with Crippen molar-refractivity contribution in [3.05, 3.63) is 29.6 Å². The lowest BCUT2D eigenvalue weighted by Crippen LogP contribution is -2.45. The molecule has 5 heteroatoms. The number of halogens is 2. The number of benzene rings is 1. The largest absolute Gasteiger partial charge is 0.304 e. The number of fused-ring (bicyclic) bond motifs is 1. The summed E-state index contributed by atoms with van der Waals surface area (Å²) in [5.41, 5.74) is 0.795. The lowest BCUT2D eigenvalue weighted by atomic mass is 9.70. The molecule has 3 rings (SSSR count). The van der Waals surface area contributed by atoms with E-state index in [9.17, 15) is 14.0 Å². The summed E-state index contributed by atoms with van der Waals surface area (Å²) >= 11 is 3.49. The molecule has 1 fully saturated rings. The zero-order valence-electron chi connectivity index (χ0n) is 10.3. The van der Waals surface area contributed by atoms with Crippen LogP contribution in [0.5, 0.6) is 0 Å². The van der Waals surface area contributed by atoms with E-state index in [1.807, 2.05) is 0 Å². The molecule has 1 aliphatic heterocycles. The molecule has 0 spiro atoms. The average Bonchev–Trinajstić information content (AvgIpc) is 2.58. The summed E-state index contributed by atoms with van der Waals surface area (Å²) in [6, 6.07) is 3.96. The molecule has 1 saturated carbocycles. The summed E-state index contributed by atoms with van der Waals surface area (Å²) in [6.07, 6.45) is 3.25. The standard InChI is InChI=1S/C14H13BrFNO2/c15-7-14(4-1-5-14)8-17-11-3-2-9(16)6-10(11)12(18)13(17)19/h2-3,6H,1,4-5,7-8H2. The summed E-state index contributed by atoms with van der Waals surface area (Å²) < 4.78 is 13.2. The van der Waals surface area contributed by atoms with Crippen molar-refractivity contribution in [2.75, 3.05) is 16.8 Å². The first-order valence-corrected chi connectivity index (χ1v) is 7.40. The Morgan fingerprint density at radius 1 is 1.32 bits per heavy atom. The van der Waals surface area contributed by atoms with E-state index in [1.54, 1.807) is 0 Å². The van der Waals surface area contributed by atoms with Gasteiger partial charge in [0.1, 0.15) is 5.82 Å². The second-order valence-electron chi connectivity index (χ2n) is 5.37. The van der Waals surface area contributed by atoms with Crippen molar-refractivity contribution < 1.29 is 14.0 Å². The van der Waals surface area contributed by atoms with Crippen molar-refractivity contribution >= 4 is 33.3 Å². The van der Waals surface area contributed by atoms with Crippen molar-refractivity contribution in [2.24, 2.45) is 5.41 Å². The number of alkyl halides is 1. The summed E-state index contributed by atoms with van der Waals surface area (Å²) in [4.78, 5) is 25.4. The molecule has 0 atom stereocenters. The van der Waals surface area contributed by atoms with Gasteiger partial charge in [0, 0.05) is 11.9 Å². The number of ketones is 1. The molecule has 19 heavy (non-hydrogen) atoms.